The van der Waals surface area contributed by atoms with Gasteiger partial charge in [0.15, 0.2) is 11.6 Å². The number of halogens is 12. The maximum atomic E-state index is 15.2. The molecule has 13 heteroatoms. The lowest BCUT2D eigenvalue weighted by Crippen LogP contribution is -2.24. The molecule has 0 atom stereocenters. The number of hydrogen-bond acceptors (Lipinski definition) is 1. The van der Waals surface area contributed by atoms with Gasteiger partial charge in [0.25, 0.3) is 0 Å². The maximum Gasteiger partial charge on any atom is 0.431 e. The van der Waals surface area contributed by atoms with Gasteiger partial charge in [0.1, 0.15) is 52.0 Å². The van der Waals surface area contributed by atoms with E-state index in [4.69, 9.17) is 11.6 Å². The molecular weight excluding hydrogens is 693 g/mol. The molecule has 5 aromatic carbocycles. The Morgan fingerprint density at radius 2 is 1.04 bits per heavy atom. The second kappa shape index (κ2) is 13.9. The van der Waals surface area contributed by atoms with Crippen molar-refractivity contribution in [2.24, 2.45) is 0 Å². The van der Waals surface area contributed by atoms with Gasteiger partial charge < -0.3 is 4.74 Å². The van der Waals surface area contributed by atoms with Gasteiger partial charge in [-0.3, -0.25) is 0 Å². The van der Waals surface area contributed by atoms with E-state index in [-0.39, 0.29) is 18.2 Å². The molecular formula is C36H20ClF11O. The molecule has 0 aromatic heterocycles. The van der Waals surface area contributed by atoms with Crippen LogP contribution >= 0.6 is 11.6 Å². The zero-order valence-corrected chi connectivity index (χ0v) is 25.6. The Morgan fingerprint density at radius 1 is 0.571 bits per heavy atom. The highest BCUT2D eigenvalue weighted by Crippen LogP contribution is 2.42. The topological polar surface area (TPSA) is 9.23 Å². The van der Waals surface area contributed by atoms with Crippen LogP contribution in [-0.4, -0.2) is 0 Å². The zero-order valence-electron chi connectivity index (χ0n) is 24.9. The normalized spacial score (nSPS) is 11.9. The number of benzene rings is 5. The summed E-state index contributed by atoms with van der Waals surface area (Å²) in [7, 11) is 0. The van der Waals surface area contributed by atoms with Crippen LogP contribution in [0.2, 0.25) is 5.02 Å². The highest BCUT2D eigenvalue weighted by atomic mass is 35.5. The van der Waals surface area contributed by atoms with Crippen LogP contribution in [0.1, 0.15) is 24.5 Å². The van der Waals surface area contributed by atoms with Gasteiger partial charge >= 0.3 is 6.11 Å². The summed E-state index contributed by atoms with van der Waals surface area (Å²) in [5.74, 6) is -13.9. The van der Waals surface area contributed by atoms with Crippen LogP contribution in [0, 0.1) is 52.4 Å². The molecule has 5 aromatic rings. The first-order chi connectivity index (χ1) is 23.1. The monoisotopic (exact) mass is 712 g/mol. The fraction of sp³-hybridized carbons (Fsp3) is 0.111. The van der Waals surface area contributed by atoms with E-state index in [2.05, 4.69) is 4.74 Å². The van der Waals surface area contributed by atoms with Crippen molar-refractivity contribution in [3.05, 3.63) is 147 Å². The van der Waals surface area contributed by atoms with Crippen molar-refractivity contribution in [3.63, 3.8) is 0 Å². The highest BCUT2D eigenvalue weighted by molar-refractivity contribution is 6.31. The van der Waals surface area contributed by atoms with Crippen LogP contribution in [-0.2, 0) is 12.5 Å². The standard InChI is InChI=1S/C36H20ClF11O/c1-2-3-4-5-17-8-25(40)34(26(41)9-17)20-12-27(42)33(28(43)13-20)19-10-22(37)35(31(46)14-19)36(47,48)49-21-15-29(44)32(30(45)16-21)18-6-7-23(38)24(39)11-18/h2-3,6-16H,4-5H2,1H3. The molecule has 5 rings (SSSR count). The molecule has 0 spiro atoms. The largest absolute Gasteiger partial charge is 0.431 e. The second-order valence-corrected chi connectivity index (χ2v) is 11.1. The molecule has 0 unspecified atom stereocenters. The molecule has 49 heavy (non-hydrogen) atoms. The first kappa shape index (κ1) is 35.5. The predicted octanol–water partition coefficient (Wildman–Crippen LogP) is 12.2. The van der Waals surface area contributed by atoms with Crippen molar-refractivity contribution in [2.45, 2.75) is 25.9 Å². The molecule has 0 saturated heterocycles. The Hall–Kier alpha value is -4.84. The van der Waals surface area contributed by atoms with Crippen molar-refractivity contribution in [1.29, 1.82) is 0 Å². The number of aryl methyl sites for hydroxylation is 1. The Balaban J connectivity index is 1.45. The minimum Gasteiger partial charge on any atom is -0.429 e. The highest BCUT2D eigenvalue weighted by Gasteiger charge is 2.41. The van der Waals surface area contributed by atoms with Crippen LogP contribution in [0.15, 0.2) is 78.9 Å². The first-order valence-corrected chi connectivity index (χ1v) is 14.6. The quantitative estimate of drug-likeness (QED) is 0.109. The van der Waals surface area contributed by atoms with Crippen molar-refractivity contribution >= 4 is 11.6 Å². The van der Waals surface area contributed by atoms with Crippen LogP contribution < -0.4 is 4.74 Å². The molecule has 0 saturated carbocycles. The summed E-state index contributed by atoms with van der Waals surface area (Å²) in [6.45, 7) is 1.77. The van der Waals surface area contributed by atoms with Crippen molar-refractivity contribution in [1.82, 2.24) is 0 Å². The lowest BCUT2D eigenvalue weighted by molar-refractivity contribution is -0.187. The van der Waals surface area contributed by atoms with Gasteiger partial charge in [-0.15, -0.1) is 0 Å². The lowest BCUT2D eigenvalue weighted by Gasteiger charge is -2.21. The summed E-state index contributed by atoms with van der Waals surface area (Å²) in [5.41, 5.74) is -5.66. The van der Waals surface area contributed by atoms with E-state index in [1.54, 1.807) is 19.1 Å². The van der Waals surface area contributed by atoms with E-state index in [9.17, 15) is 26.3 Å². The SMILES string of the molecule is CC=CCCc1cc(F)c(-c2cc(F)c(-c3cc(F)c(C(F)(F)Oc4cc(F)c(-c5ccc(F)c(F)c5)c(F)c4)c(Cl)c3)c(F)c2)c(F)c1. The molecule has 0 aliphatic carbocycles. The second-order valence-electron chi connectivity index (χ2n) is 10.7. The molecule has 0 N–H and O–H groups in total. The van der Waals surface area contributed by atoms with Gasteiger partial charge in [-0.1, -0.05) is 29.8 Å². The molecule has 0 fully saturated rings. The smallest absolute Gasteiger partial charge is 0.429 e. The van der Waals surface area contributed by atoms with E-state index >= 15 is 22.0 Å². The number of alkyl halides is 2. The third-order valence-corrected chi connectivity index (χ3v) is 7.66. The van der Waals surface area contributed by atoms with Crippen molar-refractivity contribution in [2.75, 3.05) is 0 Å². The van der Waals surface area contributed by atoms with Gasteiger partial charge in [-0.2, -0.15) is 8.78 Å². The summed E-state index contributed by atoms with van der Waals surface area (Å²) >= 11 is 5.90. The number of ether oxygens (including phenoxy) is 1. The molecule has 1 nitrogen and oxygen atoms in total. The molecule has 0 aliphatic heterocycles. The number of hydrogen-bond donors (Lipinski definition) is 0. The molecule has 0 amide bonds. The Kier molecular flexibility index (Phi) is 10.1. The van der Waals surface area contributed by atoms with Crippen molar-refractivity contribution < 1.29 is 53.0 Å². The lowest BCUT2D eigenvalue weighted by atomic mass is 9.96. The first-order valence-electron chi connectivity index (χ1n) is 14.2. The molecule has 254 valence electrons. The molecule has 0 radical (unpaired) electrons. The summed E-state index contributed by atoms with van der Waals surface area (Å²) in [5, 5.41) is -1.12. The Labute approximate surface area is 276 Å². The fourth-order valence-electron chi connectivity index (χ4n) is 5.19. The van der Waals surface area contributed by atoms with Crippen molar-refractivity contribution in [3.8, 4) is 39.1 Å². The summed E-state index contributed by atoms with van der Waals surface area (Å²) in [6.07, 6.45) is -0.389. The zero-order chi connectivity index (χ0) is 35.8. The van der Waals surface area contributed by atoms with Gasteiger partial charge in [-0.05, 0) is 90.6 Å². The Morgan fingerprint density at radius 3 is 1.57 bits per heavy atom. The van der Waals surface area contributed by atoms with E-state index in [1.165, 1.54) is 0 Å². The predicted molar refractivity (Wildman–Crippen MR) is 161 cm³/mol. The van der Waals surface area contributed by atoms with Crippen LogP contribution in [0.25, 0.3) is 33.4 Å². The molecule has 0 aliphatic rings. The third kappa shape index (κ3) is 7.29. The third-order valence-electron chi connectivity index (χ3n) is 7.36. The van der Waals surface area contributed by atoms with E-state index in [0.29, 0.717) is 48.7 Å². The minimum absolute atomic E-state index is 0.281. The van der Waals surface area contributed by atoms with Gasteiger partial charge in [-0.25, -0.2) is 39.5 Å². The van der Waals surface area contributed by atoms with Gasteiger partial charge in [0.05, 0.1) is 21.7 Å². The minimum atomic E-state index is -4.73. The summed E-state index contributed by atoms with van der Waals surface area (Å²) in [4.78, 5) is 0. The maximum absolute atomic E-state index is 15.2. The average molecular weight is 713 g/mol. The van der Waals surface area contributed by atoms with E-state index in [0.717, 1.165) is 18.2 Å². The fourth-order valence-corrected chi connectivity index (χ4v) is 5.50. The number of rotatable bonds is 9. The molecule has 0 heterocycles. The average Bonchev–Trinajstić information content (AvgIpc) is 2.97. The van der Waals surface area contributed by atoms with Crippen LogP contribution in [0.3, 0.4) is 0 Å². The Bertz CT molecular complexity index is 2020. The van der Waals surface area contributed by atoms with Crippen LogP contribution in [0.5, 0.6) is 5.75 Å². The summed E-state index contributed by atoms with van der Waals surface area (Å²) in [6, 6.07) is 6.50. The molecule has 0 bridgehead atoms. The number of allylic oxidation sites excluding steroid dienone is 2. The summed E-state index contributed by atoms with van der Waals surface area (Å²) < 4.78 is 166. The van der Waals surface area contributed by atoms with Gasteiger partial charge in [0, 0.05) is 12.1 Å². The van der Waals surface area contributed by atoms with E-state index < -0.39 is 108 Å². The van der Waals surface area contributed by atoms with Gasteiger partial charge in [0.2, 0.25) is 0 Å². The van der Waals surface area contributed by atoms with E-state index in [1.807, 2.05) is 0 Å². The van der Waals surface area contributed by atoms with Crippen LogP contribution in [0.4, 0.5) is 48.3 Å².